The number of rotatable bonds is 4. The van der Waals surface area contributed by atoms with E-state index in [-0.39, 0.29) is 5.78 Å². The van der Waals surface area contributed by atoms with Crippen molar-refractivity contribution in [2.75, 3.05) is 12.0 Å². The largest absolute Gasteiger partial charge is 0.497 e. The van der Waals surface area contributed by atoms with Crippen molar-refractivity contribution in [3.05, 3.63) is 101 Å². The van der Waals surface area contributed by atoms with Crippen molar-refractivity contribution in [1.29, 1.82) is 10.5 Å². The maximum absolute atomic E-state index is 14.0. The summed E-state index contributed by atoms with van der Waals surface area (Å²) in [5, 5.41) is 20.8. The number of nitrogens with zero attached hydrogens (tertiary/aromatic N) is 3. The Hall–Kier alpha value is -4.42. The van der Waals surface area contributed by atoms with E-state index >= 15 is 0 Å². The zero-order valence-corrected chi connectivity index (χ0v) is 18.4. The van der Waals surface area contributed by atoms with Crippen molar-refractivity contribution in [1.82, 2.24) is 0 Å². The van der Waals surface area contributed by atoms with Gasteiger partial charge < -0.3 is 9.64 Å². The van der Waals surface area contributed by atoms with Crippen LogP contribution in [0.4, 0.5) is 10.1 Å². The van der Waals surface area contributed by atoms with Crippen LogP contribution in [0.2, 0.25) is 0 Å². The number of Topliss-reactive ketones (excluding diaryl/α,β-unsaturated/α-hetero) is 1. The number of nitriles is 2. The number of ketones is 1. The second-order valence-corrected chi connectivity index (χ2v) is 8.43. The van der Waals surface area contributed by atoms with E-state index in [1.807, 2.05) is 41.3 Å². The predicted molar refractivity (Wildman–Crippen MR) is 126 cm³/mol. The molecule has 0 bridgehead atoms. The maximum atomic E-state index is 14.0. The van der Waals surface area contributed by atoms with E-state index in [0.717, 1.165) is 11.3 Å². The molecule has 3 aromatic rings. The van der Waals surface area contributed by atoms with E-state index in [4.69, 9.17) is 4.74 Å². The predicted octanol–water partition coefficient (Wildman–Crippen LogP) is 5.12. The fourth-order valence-electron chi connectivity index (χ4n) is 5.20. The lowest BCUT2D eigenvalue weighted by atomic mass is 9.69. The maximum Gasteiger partial charge on any atom is 0.185 e. The molecule has 3 aromatic carbocycles. The first-order valence-electron chi connectivity index (χ1n) is 10.9. The highest BCUT2D eigenvalue weighted by atomic mass is 19.1. The minimum atomic E-state index is -1.53. The van der Waals surface area contributed by atoms with Gasteiger partial charge in [-0.15, -0.1) is 0 Å². The number of anilines is 1. The Labute approximate surface area is 196 Å². The summed E-state index contributed by atoms with van der Waals surface area (Å²) >= 11 is 0. The smallest absolute Gasteiger partial charge is 0.185 e. The molecular formula is C28H20FN3O2. The van der Waals surface area contributed by atoms with Gasteiger partial charge in [0.15, 0.2) is 11.2 Å². The highest BCUT2D eigenvalue weighted by molar-refractivity contribution is 6.04. The van der Waals surface area contributed by atoms with Crippen LogP contribution in [0.3, 0.4) is 0 Å². The summed E-state index contributed by atoms with van der Waals surface area (Å²) in [6.07, 6.45) is 3.74. The van der Waals surface area contributed by atoms with Crippen LogP contribution in [0.25, 0.3) is 6.08 Å². The Balaban J connectivity index is 1.76. The van der Waals surface area contributed by atoms with Crippen LogP contribution in [0.1, 0.15) is 27.4 Å². The molecule has 0 N–H and O–H groups in total. The summed E-state index contributed by atoms with van der Waals surface area (Å²) in [4.78, 5) is 15.9. The number of carbonyl (C=O) groups is 1. The van der Waals surface area contributed by atoms with Gasteiger partial charge in [-0.25, -0.2) is 4.39 Å². The van der Waals surface area contributed by atoms with Gasteiger partial charge in [0.1, 0.15) is 17.6 Å². The standard InChI is InChI=1S/C28H20FN3O2/c1-34-22-13-8-19(9-14-22)25-26(27(33)20-6-11-21(29)12-7-20)32-23-5-3-2-4-18(23)10-15-24(32)28(25,16-30)17-31/h2-15,24-26H,1H3. The topological polar surface area (TPSA) is 77.1 Å². The summed E-state index contributed by atoms with van der Waals surface area (Å²) in [6, 6.07) is 23.2. The summed E-state index contributed by atoms with van der Waals surface area (Å²) in [5.74, 6) is -0.845. The molecule has 3 atom stereocenters. The van der Waals surface area contributed by atoms with Crippen LogP contribution in [0.15, 0.2) is 78.9 Å². The first-order chi connectivity index (χ1) is 16.5. The third kappa shape index (κ3) is 3.08. The van der Waals surface area contributed by atoms with Gasteiger partial charge in [-0.1, -0.05) is 42.5 Å². The van der Waals surface area contributed by atoms with Crippen LogP contribution >= 0.6 is 0 Å². The molecule has 0 spiro atoms. The minimum absolute atomic E-state index is 0.275. The molecule has 0 amide bonds. The molecule has 5 nitrogen and oxygen atoms in total. The number of hydrogen-bond acceptors (Lipinski definition) is 5. The second-order valence-electron chi connectivity index (χ2n) is 8.43. The minimum Gasteiger partial charge on any atom is -0.497 e. The Bertz CT molecular complexity index is 1350. The normalized spacial score (nSPS) is 21.6. The summed E-state index contributed by atoms with van der Waals surface area (Å²) in [6.45, 7) is 0. The second kappa shape index (κ2) is 8.17. The van der Waals surface area contributed by atoms with Crippen molar-refractivity contribution >= 4 is 17.5 Å². The molecule has 0 radical (unpaired) electrons. The lowest BCUT2D eigenvalue weighted by molar-refractivity contribution is 0.0951. The number of para-hydroxylation sites is 1. The molecule has 5 rings (SSSR count). The summed E-state index contributed by atoms with van der Waals surface area (Å²) in [7, 11) is 1.56. The number of methoxy groups -OCH3 is 1. The van der Waals surface area contributed by atoms with Crippen molar-refractivity contribution in [3.8, 4) is 17.9 Å². The van der Waals surface area contributed by atoms with Crippen molar-refractivity contribution < 1.29 is 13.9 Å². The van der Waals surface area contributed by atoms with Crippen LogP contribution < -0.4 is 9.64 Å². The van der Waals surface area contributed by atoms with Gasteiger partial charge in [0.05, 0.1) is 25.3 Å². The fraction of sp³-hybridized carbons (Fsp3) is 0.179. The molecule has 2 aliphatic rings. The highest BCUT2D eigenvalue weighted by Gasteiger charge is 2.63. The third-order valence-corrected chi connectivity index (χ3v) is 6.79. The molecule has 1 saturated heterocycles. The Morgan fingerprint density at radius 1 is 1.00 bits per heavy atom. The zero-order chi connectivity index (χ0) is 23.9. The molecule has 2 heterocycles. The van der Waals surface area contributed by atoms with Gasteiger partial charge in [0, 0.05) is 17.2 Å². The number of ether oxygens (including phenoxy) is 1. The van der Waals surface area contributed by atoms with E-state index in [0.29, 0.717) is 16.9 Å². The zero-order valence-electron chi connectivity index (χ0n) is 18.4. The number of hydrogen-bond donors (Lipinski definition) is 0. The number of benzene rings is 3. The van der Waals surface area contributed by atoms with Crippen molar-refractivity contribution in [2.45, 2.75) is 18.0 Å². The summed E-state index contributed by atoms with van der Waals surface area (Å²) in [5.41, 5.74) is 1.16. The average molecular weight is 449 g/mol. The van der Waals surface area contributed by atoms with Crippen molar-refractivity contribution in [3.63, 3.8) is 0 Å². The van der Waals surface area contributed by atoms with E-state index in [1.54, 1.807) is 31.4 Å². The number of halogens is 1. The van der Waals surface area contributed by atoms with E-state index in [1.165, 1.54) is 24.3 Å². The molecule has 2 aliphatic heterocycles. The van der Waals surface area contributed by atoms with Gasteiger partial charge in [0.25, 0.3) is 0 Å². The van der Waals surface area contributed by atoms with Gasteiger partial charge in [-0.3, -0.25) is 4.79 Å². The van der Waals surface area contributed by atoms with Gasteiger partial charge >= 0.3 is 0 Å². The molecule has 34 heavy (non-hydrogen) atoms. The lowest BCUT2D eigenvalue weighted by Gasteiger charge is -2.35. The van der Waals surface area contributed by atoms with Crippen molar-refractivity contribution in [2.24, 2.45) is 5.41 Å². The van der Waals surface area contributed by atoms with Gasteiger partial charge in [-0.2, -0.15) is 10.5 Å². The fourth-order valence-corrected chi connectivity index (χ4v) is 5.20. The molecule has 166 valence electrons. The lowest BCUT2D eigenvalue weighted by Crippen LogP contribution is -2.44. The van der Waals surface area contributed by atoms with Crippen LogP contribution in [-0.2, 0) is 0 Å². The average Bonchev–Trinajstić information content (AvgIpc) is 3.19. The van der Waals surface area contributed by atoms with E-state index < -0.39 is 29.2 Å². The molecule has 1 fully saturated rings. The summed E-state index contributed by atoms with van der Waals surface area (Å²) < 4.78 is 18.9. The Morgan fingerprint density at radius 2 is 1.68 bits per heavy atom. The molecule has 0 saturated carbocycles. The Kier molecular flexibility index (Phi) is 5.15. The van der Waals surface area contributed by atoms with Gasteiger partial charge in [-0.05, 0) is 53.6 Å². The van der Waals surface area contributed by atoms with Crippen LogP contribution in [-0.4, -0.2) is 25.0 Å². The van der Waals surface area contributed by atoms with E-state index in [9.17, 15) is 19.7 Å². The highest BCUT2D eigenvalue weighted by Crippen LogP contribution is 2.55. The Morgan fingerprint density at radius 3 is 2.32 bits per heavy atom. The SMILES string of the molecule is COc1ccc(C2C(C(=O)c3ccc(F)cc3)N3c4ccccc4C=CC3C2(C#N)C#N)cc1. The number of fused-ring (bicyclic) bond motifs is 3. The van der Waals surface area contributed by atoms with Crippen LogP contribution in [0, 0.1) is 33.9 Å². The monoisotopic (exact) mass is 449 g/mol. The molecule has 0 aliphatic carbocycles. The molecule has 0 aromatic heterocycles. The van der Waals surface area contributed by atoms with Gasteiger partial charge in [0.2, 0.25) is 0 Å². The quantitative estimate of drug-likeness (QED) is 0.517. The molecular weight excluding hydrogens is 429 g/mol. The molecule has 6 heteroatoms. The third-order valence-electron chi connectivity index (χ3n) is 6.79. The molecule has 3 unspecified atom stereocenters. The van der Waals surface area contributed by atoms with Crippen LogP contribution in [0.5, 0.6) is 5.75 Å². The first-order valence-corrected chi connectivity index (χ1v) is 10.9. The number of carbonyl (C=O) groups excluding carboxylic acids is 1. The van der Waals surface area contributed by atoms with E-state index in [2.05, 4.69) is 12.1 Å². The first kappa shape index (κ1) is 21.4.